The number of para-hydroxylation sites is 5. The highest BCUT2D eigenvalue weighted by Crippen LogP contribution is 2.62. The van der Waals surface area contributed by atoms with Crippen molar-refractivity contribution >= 4 is 71.1 Å². The molecule has 8 aromatic carbocycles. The summed E-state index contributed by atoms with van der Waals surface area (Å²) in [5, 5.41) is 16.5. The maximum atomic E-state index is 9.98. The lowest BCUT2D eigenvalue weighted by atomic mass is 9.66. The lowest BCUT2D eigenvalue weighted by Gasteiger charge is -2.39. The summed E-state index contributed by atoms with van der Waals surface area (Å²) in [4.78, 5) is 14.7. The third-order valence-corrected chi connectivity index (χ3v) is 14.6. The lowest BCUT2D eigenvalue weighted by Crippen LogP contribution is -2.32. The minimum Gasteiger partial charge on any atom is -0.457 e. The molecule has 1 atom stereocenters. The minimum atomic E-state index is -0.974. The van der Waals surface area contributed by atoms with Gasteiger partial charge < -0.3 is 18.4 Å². The number of nitriles is 1. The normalized spacial score (nSPS) is 14.5. The highest BCUT2D eigenvalue weighted by atomic mass is 16.5. The molecule has 6 heterocycles. The minimum absolute atomic E-state index is 0.594. The molecular formula is C61H33N7O. The zero-order valence-corrected chi connectivity index (χ0v) is 36.6. The predicted octanol–water partition coefficient (Wildman–Crippen LogP) is 14.7. The van der Waals surface area contributed by atoms with Crippen molar-refractivity contribution in [3.05, 3.63) is 240 Å². The first-order valence-corrected chi connectivity index (χ1v) is 22.9. The molecule has 15 rings (SSSR count). The summed E-state index contributed by atoms with van der Waals surface area (Å²) >= 11 is 0. The molecule has 0 saturated heterocycles. The fourth-order valence-electron chi connectivity index (χ4n) is 11.8. The van der Waals surface area contributed by atoms with Crippen molar-refractivity contribution in [3.63, 3.8) is 0 Å². The number of benzene rings is 8. The summed E-state index contributed by atoms with van der Waals surface area (Å²) < 4.78 is 13.9. The molecule has 13 aromatic rings. The van der Waals surface area contributed by atoms with Crippen molar-refractivity contribution in [1.82, 2.24) is 23.7 Å². The van der Waals surface area contributed by atoms with Crippen LogP contribution in [-0.4, -0.2) is 23.7 Å². The summed E-state index contributed by atoms with van der Waals surface area (Å²) in [6.45, 7) is 7.85. The second-order valence-electron chi connectivity index (χ2n) is 17.9. The van der Waals surface area contributed by atoms with Crippen LogP contribution in [0.15, 0.2) is 200 Å². The number of nitrogens with zero attached hydrogens (tertiary/aromatic N) is 7. The van der Waals surface area contributed by atoms with Gasteiger partial charge in [0.1, 0.15) is 11.5 Å². The van der Waals surface area contributed by atoms with Gasteiger partial charge in [-0.15, -0.1) is 0 Å². The van der Waals surface area contributed by atoms with Crippen molar-refractivity contribution in [2.75, 3.05) is 0 Å². The van der Waals surface area contributed by atoms with Crippen LogP contribution in [0.1, 0.15) is 27.8 Å². The first-order valence-electron chi connectivity index (χ1n) is 22.9. The van der Waals surface area contributed by atoms with Gasteiger partial charge in [0.25, 0.3) is 0 Å². The van der Waals surface area contributed by atoms with E-state index in [2.05, 4.69) is 182 Å². The summed E-state index contributed by atoms with van der Waals surface area (Å²) in [7, 11) is 0. The quantitative estimate of drug-likeness (QED) is 0.166. The largest absolute Gasteiger partial charge is 0.457 e. The average Bonchev–Trinajstić information content (AvgIpc) is 4.12. The Morgan fingerprint density at radius 1 is 0.435 bits per heavy atom. The molecular weight excluding hydrogens is 847 g/mol. The molecule has 0 N–H and O–H groups in total. The van der Waals surface area contributed by atoms with Crippen molar-refractivity contribution in [2.45, 2.75) is 5.41 Å². The van der Waals surface area contributed by atoms with Crippen molar-refractivity contribution in [2.24, 2.45) is 0 Å². The van der Waals surface area contributed by atoms with Gasteiger partial charge in [-0.25, -0.2) is 4.85 Å². The predicted molar refractivity (Wildman–Crippen MR) is 273 cm³/mol. The Morgan fingerprint density at radius 2 is 0.899 bits per heavy atom. The second kappa shape index (κ2) is 13.6. The molecule has 318 valence electrons. The van der Waals surface area contributed by atoms with Gasteiger partial charge in [0, 0.05) is 54.9 Å². The van der Waals surface area contributed by atoms with Gasteiger partial charge in [-0.1, -0.05) is 97.1 Å². The lowest BCUT2D eigenvalue weighted by molar-refractivity contribution is 0.436. The van der Waals surface area contributed by atoms with E-state index < -0.39 is 5.41 Å². The fourth-order valence-corrected chi connectivity index (χ4v) is 11.8. The van der Waals surface area contributed by atoms with Crippen molar-refractivity contribution < 1.29 is 4.74 Å². The summed E-state index contributed by atoms with van der Waals surface area (Å²) in [5.41, 5.74) is 14.8. The third-order valence-electron chi connectivity index (χ3n) is 14.6. The van der Waals surface area contributed by atoms with Gasteiger partial charge >= 0.3 is 0 Å². The summed E-state index contributed by atoms with van der Waals surface area (Å²) in [5.74, 6) is 1.49. The third kappa shape index (κ3) is 4.88. The van der Waals surface area contributed by atoms with E-state index in [9.17, 15) is 5.26 Å². The molecule has 69 heavy (non-hydrogen) atoms. The van der Waals surface area contributed by atoms with E-state index in [1.807, 2.05) is 42.7 Å². The molecule has 1 aliphatic carbocycles. The Balaban J connectivity index is 1.07. The highest BCUT2D eigenvalue weighted by Gasteiger charge is 2.53. The first-order chi connectivity index (χ1) is 34.1. The van der Waals surface area contributed by atoms with Crippen LogP contribution >= 0.6 is 0 Å². The van der Waals surface area contributed by atoms with Gasteiger partial charge in [-0.3, -0.25) is 9.97 Å². The van der Waals surface area contributed by atoms with Gasteiger partial charge in [0.2, 0.25) is 0 Å². The maximum absolute atomic E-state index is 9.98. The Bertz CT molecular complexity index is 4470. The molecule has 1 unspecified atom stereocenters. The van der Waals surface area contributed by atoms with E-state index >= 15 is 0 Å². The molecule has 0 bridgehead atoms. The highest BCUT2D eigenvalue weighted by molar-refractivity contribution is 6.12. The number of rotatable bonds is 3. The van der Waals surface area contributed by atoms with Crippen LogP contribution < -0.4 is 4.74 Å². The molecule has 0 fully saturated rings. The average molecular weight is 880 g/mol. The van der Waals surface area contributed by atoms with E-state index in [1.165, 1.54) is 10.8 Å². The monoisotopic (exact) mass is 879 g/mol. The molecule has 5 aromatic heterocycles. The van der Waals surface area contributed by atoms with Crippen LogP contribution in [0.4, 0.5) is 5.69 Å². The SMILES string of the molecule is [C-]#[N+]c1ccc2c(c1)c1ccccc1n2-c1cnc2c(c1)C1(c3ccccc3Oc3ccc(-n4c5ccccc5c5cc(C#N)ccc54)cc31)c1cc(-n3c4ccccc4c4ccccc43)cnc1-2. The standard InChI is InChI=1S/C61H33N7O/c1-63-37-23-26-56-46(29-37)44-15-5-10-20-54(44)68(56)40-32-50-60(65-35-40)59-49(31-39(34-64-59)67-51-17-7-2-12-41(51)42-13-3-8-18-52(42)67)61(50)47-16-6-11-21-57(47)69-58-27-24-38(30-48(58)61)66-53-19-9-4-14-43(53)45-28-36(33-62)22-25-55(45)66/h2-32,34-35H. The number of pyridine rings is 2. The Morgan fingerprint density at radius 3 is 1.48 bits per heavy atom. The second-order valence-corrected chi connectivity index (χ2v) is 17.9. The zero-order chi connectivity index (χ0) is 45.5. The molecule has 8 nitrogen and oxygen atoms in total. The maximum Gasteiger partial charge on any atom is 0.188 e. The van der Waals surface area contributed by atoms with Gasteiger partial charge in [0.15, 0.2) is 5.69 Å². The number of hydrogen-bond acceptors (Lipinski definition) is 4. The van der Waals surface area contributed by atoms with Crippen LogP contribution in [0.5, 0.6) is 11.5 Å². The molecule has 0 radical (unpaired) electrons. The number of hydrogen-bond donors (Lipinski definition) is 0. The van der Waals surface area contributed by atoms with Gasteiger partial charge in [-0.05, 0) is 96.4 Å². The molecule has 0 amide bonds. The van der Waals surface area contributed by atoms with Crippen LogP contribution in [0.2, 0.25) is 0 Å². The summed E-state index contributed by atoms with van der Waals surface area (Å²) in [6.07, 6.45) is 3.96. The number of ether oxygens (including phenoxy) is 1. The fraction of sp³-hybridized carbons (Fsp3) is 0.0164. The van der Waals surface area contributed by atoms with E-state index in [-0.39, 0.29) is 0 Å². The van der Waals surface area contributed by atoms with E-state index in [0.29, 0.717) is 11.3 Å². The molecule has 1 aliphatic heterocycles. The molecule has 8 heteroatoms. The molecule has 1 spiro atoms. The van der Waals surface area contributed by atoms with Crippen molar-refractivity contribution in [3.8, 4) is 46.0 Å². The topological polar surface area (TPSA) is 78.0 Å². The van der Waals surface area contributed by atoms with Crippen LogP contribution in [0.3, 0.4) is 0 Å². The Hall–Kier alpha value is -9.76. The van der Waals surface area contributed by atoms with E-state index in [0.717, 1.165) is 117 Å². The number of aromatic nitrogens is 5. The van der Waals surface area contributed by atoms with E-state index in [1.54, 1.807) is 0 Å². The zero-order valence-electron chi connectivity index (χ0n) is 36.6. The van der Waals surface area contributed by atoms with Crippen molar-refractivity contribution in [1.29, 1.82) is 5.26 Å². The Labute approximate surface area is 394 Å². The number of fused-ring (bicyclic) bond motifs is 18. The van der Waals surface area contributed by atoms with E-state index in [4.69, 9.17) is 21.3 Å². The molecule has 0 saturated carbocycles. The van der Waals surface area contributed by atoms with Gasteiger partial charge in [-0.2, -0.15) is 5.26 Å². The van der Waals surface area contributed by atoms with Crippen LogP contribution in [0, 0.1) is 17.9 Å². The van der Waals surface area contributed by atoms with Gasteiger partial charge in [0.05, 0.1) is 91.9 Å². The smallest absolute Gasteiger partial charge is 0.188 e. The first kappa shape index (κ1) is 37.5. The van der Waals surface area contributed by atoms with Crippen LogP contribution in [0.25, 0.3) is 98.7 Å². The Kier molecular flexibility index (Phi) is 7.41. The summed E-state index contributed by atoms with van der Waals surface area (Å²) in [6, 6.07) is 67.7. The van der Waals surface area contributed by atoms with Crippen LogP contribution in [-0.2, 0) is 5.41 Å². The molecule has 2 aliphatic rings.